The molecule has 18 aromatic carbocycles. The zero-order valence-electron chi connectivity index (χ0n) is 61.1. The molecule has 0 saturated carbocycles. The molecule has 0 radical (unpaired) electrons. The van der Waals surface area contributed by atoms with Crippen molar-refractivity contribution >= 4 is 43.1 Å². The highest BCUT2D eigenvalue weighted by molar-refractivity contribution is 5.97. The average Bonchev–Trinajstić information content (AvgIpc) is 0.758. The smallest absolute Gasteiger partial charge is 0.164 e. The molecule has 0 atom stereocenters. The van der Waals surface area contributed by atoms with Crippen LogP contribution in [-0.2, 0) is 0 Å². The minimum absolute atomic E-state index is 0.627. The standard InChI is InChI=1S/2C53H35N3/c1-3-13-36(14-4-1)38-23-26-40(27-24-38)51-54-52(49-21-11-9-19-47(49)39-16-5-2-6-17-39)56-53(55-51)50-22-12-10-20-48(50)46-32-31-44-34-43(29-30-45(44)35-46)42-28-25-37-15-7-8-18-41(37)33-42;1-3-12-36(13-4-1)39-22-25-40(26-23-39)51-54-52(48-19-11-18-42(35-48)37-14-5-2-6-15-37)56-53(55-51)50-21-10-9-20-49(50)47-31-30-45-33-44(28-29-46(45)34-47)43-27-24-38-16-7-8-17-41(38)32-43/h2*1-35H. The van der Waals surface area contributed by atoms with Crippen LogP contribution in [0.1, 0.15) is 0 Å². The van der Waals surface area contributed by atoms with E-state index in [1.165, 1.54) is 76.5 Å². The summed E-state index contributed by atoms with van der Waals surface area (Å²) in [5.41, 5.74) is 23.9. The minimum Gasteiger partial charge on any atom is -0.208 e. The monoisotopic (exact) mass is 1430 g/mol. The second kappa shape index (κ2) is 30.3. The first kappa shape index (κ1) is 67.6. The molecule has 6 heteroatoms. The Morgan fingerprint density at radius 1 is 0.0982 bits per heavy atom. The number of hydrogen-bond acceptors (Lipinski definition) is 6. The van der Waals surface area contributed by atoms with Gasteiger partial charge in [-0.2, -0.15) is 0 Å². The Morgan fingerprint density at radius 2 is 0.304 bits per heavy atom. The van der Waals surface area contributed by atoms with Gasteiger partial charge in [0.25, 0.3) is 0 Å². The van der Waals surface area contributed by atoms with Crippen molar-refractivity contribution in [3.8, 4) is 157 Å². The molecule has 0 amide bonds. The van der Waals surface area contributed by atoms with E-state index in [0.29, 0.717) is 34.9 Å². The first-order valence-corrected chi connectivity index (χ1v) is 37.9. The lowest BCUT2D eigenvalue weighted by atomic mass is 9.94. The van der Waals surface area contributed by atoms with Crippen LogP contribution in [0.3, 0.4) is 0 Å². The molecule has 0 N–H and O–H groups in total. The van der Waals surface area contributed by atoms with Crippen molar-refractivity contribution in [1.82, 2.24) is 29.9 Å². The van der Waals surface area contributed by atoms with Crippen LogP contribution in [0, 0.1) is 0 Å². The minimum atomic E-state index is 0.627. The predicted octanol–water partition coefficient (Wildman–Crippen LogP) is 27.7. The SMILES string of the molecule is c1ccc(-c2ccc(-c3nc(-c4cccc(-c5ccccc5)c4)nc(-c4ccccc4-c4ccc5cc(-c6ccc7ccccc7c6)ccc5c4)n3)cc2)cc1.c1ccc(-c2ccc(-c3nc(-c4ccccc4-c4ccccc4)nc(-c4ccccc4-c4ccc5cc(-c6ccc7ccccc7c6)ccc5c4)n3)cc2)cc1. The molecule has 2 heterocycles. The molecule has 20 rings (SSSR count). The summed E-state index contributed by atoms with van der Waals surface area (Å²) in [7, 11) is 0. The van der Waals surface area contributed by atoms with E-state index in [4.69, 9.17) is 29.9 Å². The quantitative estimate of drug-likeness (QED) is 0.108. The lowest BCUT2D eigenvalue weighted by molar-refractivity contribution is 1.07. The van der Waals surface area contributed by atoms with E-state index >= 15 is 0 Å². The van der Waals surface area contributed by atoms with Crippen LogP contribution in [-0.4, -0.2) is 29.9 Å². The van der Waals surface area contributed by atoms with Crippen LogP contribution in [0.2, 0.25) is 0 Å². The maximum atomic E-state index is 5.24. The maximum absolute atomic E-state index is 5.24. The lowest BCUT2D eigenvalue weighted by Crippen LogP contribution is -2.02. The lowest BCUT2D eigenvalue weighted by Gasteiger charge is -2.14. The fourth-order valence-electron chi connectivity index (χ4n) is 15.2. The first-order chi connectivity index (χ1) is 55.4. The highest BCUT2D eigenvalue weighted by Crippen LogP contribution is 2.41. The number of hydrogen-bond donors (Lipinski definition) is 0. The van der Waals surface area contributed by atoms with Crippen LogP contribution in [0.25, 0.3) is 200 Å². The third-order valence-electron chi connectivity index (χ3n) is 21.1. The highest BCUT2D eigenvalue weighted by atomic mass is 15.0. The Hall–Kier alpha value is -15.0. The Bertz CT molecular complexity index is 6850. The molecule has 0 unspecified atom stereocenters. The molecule has 0 aliphatic carbocycles. The fraction of sp³-hybridized carbons (Fsp3) is 0. The van der Waals surface area contributed by atoms with Crippen molar-refractivity contribution in [2.24, 2.45) is 0 Å². The van der Waals surface area contributed by atoms with Crippen molar-refractivity contribution in [3.05, 3.63) is 425 Å². The number of aromatic nitrogens is 6. The zero-order chi connectivity index (χ0) is 74.5. The molecule has 0 aliphatic rings. The summed E-state index contributed by atoms with van der Waals surface area (Å²) in [5, 5.41) is 9.73. The fourth-order valence-corrected chi connectivity index (χ4v) is 15.2. The number of nitrogens with zero attached hydrogens (tertiary/aromatic N) is 6. The number of rotatable bonds is 14. The molecule has 0 saturated heterocycles. The van der Waals surface area contributed by atoms with E-state index in [1.807, 2.05) is 30.3 Å². The van der Waals surface area contributed by atoms with Gasteiger partial charge < -0.3 is 0 Å². The molecular formula is C106H70N6. The van der Waals surface area contributed by atoms with Crippen molar-refractivity contribution in [2.75, 3.05) is 0 Å². The summed E-state index contributed by atoms with van der Waals surface area (Å²) >= 11 is 0. The summed E-state index contributed by atoms with van der Waals surface area (Å²) in [5.74, 6) is 3.77. The number of benzene rings is 18. The molecule has 0 fully saturated rings. The summed E-state index contributed by atoms with van der Waals surface area (Å²) in [4.78, 5) is 31.1. The molecule has 524 valence electrons. The summed E-state index contributed by atoms with van der Waals surface area (Å²) in [6, 6.07) is 150. The van der Waals surface area contributed by atoms with Gasteiger partial charge in [0.15, 0.2) is 34.9 Å². The van der Waals surface area contributed by atoms with Gasteiger partial charge in [-0.05, 0) is 175 Å². The van der Waals surface area contributed by atoms with E-state index in [2.05, 4.69) is 394 Å². The van der Waals surface area contributed by atoms with E-state index in [1.54, 1.807) is 0 Å². The van der Waals surface area contributed by atoms with Crippen LogP contribution in [0.15, 0.2) is 425 Å². The van der Waals surface area contributed by atoms with E-state index in [-0.39, 0.29) is 0 Å². The maximum Gasteiger partial charge on any atom is 0.164 e. The number of fused-ring (bicyclic) bond motifs is 4. The van der Waals surface area contributed by atoms with Gasteiger partial charge in [0.1, 0.15) is 0 Å². The third-order valence-corrected chi connectivity index (χ3v) is 21.1. The van der Waals surface area contributed by atoms with Crippen LogP contribution < -0.4 is 0 Å². The van der Waals surface area contributed by atoms with E-state index < -0.39 is 0 Å². The topological polar surface area (TPSA) is 77.3 Å². The van der Waals surface area contributed by atoms with Crippen molar-refractivity contribution in [2.45, 2.75) is 0 Å². The van der Waals surface area contributed by atoms with Gasteiger partial charge in [-0.25, -0.2) is 29.9 Å². The van der Waals surface area contributed by atoms with Crippen LogP contribution in [0.4, 0.5) is 0 Å². The Morgan fingerprint density at radius 3 is 0.688 bits per heavy atom. The van der Waals surface area contributed by atoms with Gasteiger partial charge >= 0.3 is 0 Å². The molecular weight excluding hydrogens is 1360 g/mol. The summed E-state index contributed by atoms with van der Waals surface area (Å²) in [6.45, 7) is 0. The van der Waals surface area contributed by atoms with Gasteiger partial charge in [-0.15, -0.1) is 0 Å². The van der Waals surface area contributed by atoms with E-state index in [0.717, 1.165) is 89.0 Å². The van der Waals surface area contributed by atoms with Gasteiger partial charge in [-0.1, -0.05) is 382 Å². The van der Waals surface area contributed by atoms with Gasteiger partial charge in [0.05, 0.1) is 0 Å². The zero-order valence-corrected chi connectivity index (χ0v) is 61.1. The normalized spacial score (nSPS) is 11.2. The summed E-state index contributed by atoms with van der Waals surface area (Å²) < 4.78 is 0. The van der Waals surface area contributed by atoms with Gasteiger partial charge in [0, 0.05) is 33.4 Å². The summed E-state index contributed by atoms with van der Waals surface area (Å²) in [6.07, 6.45) is 0. The first-order valence-electron chi connectivity index (χ1n) is 37.9. The van der Waals surface area contributed by atoms with E-state index in [9.17, 15) is 0 Å². The van der Waals surface area contributed by atoms with Gasteiger partial charge in [0.2, 0.25) is 0 Å². The van der Waals surface area contributed by atoms with Crippen molar-refractivity contribution in [1.29, 1.82) is 0 Å². The van der Waals surface area contributed by atoms with Crippen LogP contribution in [0.5, 0.6) is 0 Å². The second-order valence-corrected chi connectivity index (χ2v) is 28.1. The third kappa shape index (κ3) is 14.1. The average molecular weight is 1430 g/mol. The largest absolute Gasteiger partial charge is 0.208 e. The second-order valence-electron chi connectivity index (χ2n) is 28.1. The van der Waals surface area contributed by atoms with Crippen LogP contribution >= 0.6 is 0 Å². The molecule has 20 aromatic rings. The molecule has 112 heavy (non-hydrogen) atoms. The van der Waals surface area contributed by atoms with Crippen molar-refractivity contribution < 1.29 is 0 Å². The molecule has 6 nitrogen and oxygen atoms in total. The Kier molecular flexibility index (Phi) is 18.3. The predicted molar refractivity (Wildman–Crippen MR) is 466 cm³/mol. The van der Waals surface area contributed by atoms with Gasteiger partial charge in [-0.3, -0.25) is 0 Å². The molecule has 0 aliphatic heterocycles. The Balaban J connectivity index is 0.000000151. The van der Waals surface area contributed by atoms with Crippen molar-refractivity contribution in [3.63, 3.8) is 0 Å². The molecule has 0 bridgehead atoms. The molecule has 0 spiro atoms. The highest BCUT2D eigenvalue weighted by Gasteiger charge is 2.21. The Labute approximate surface area is 650 Å². The molecule has 2 aromatic heterocycles.